The van der Waals surface area contributed by atoms with E-state index in [0.29, 0.717) is 11.9 Å². The molecule has 0 amide bonds. The lowest BCUT2D eigenvalue weighted by Gasteiger charge is -2.19. The zero-order chi connectivity index (χ0) is 13.8. The number of nitrogens with zero attached hydrogens (tertiary/aromatic N) is 1. The van der Waals surface area contributed by atoms with Crippen molar-refractivity contribution in [2.75, 3.05) is 0 Å². The highest BCUT2D eigenvalue weighted by molar-refractivity contribution is 6.01. The minimum absolute atomic E-state index is 0.338. The van der Waals surface area contributed by atoms with Crippen LogP contribution in [0.2, 0.25) is 0 Å². The topological polar surface area (TPSA) is 44.6 Å². The van der Waals surface area contributed by atoms with E-state index in [1.807, 2.05) is 18.2 Å². The van der Waals surface area contributed by atoms with Crippen LogP contribution >= 0.6 is 0 Å². The maximum absolute atomic E-state index is 9.40. The second kappa shape index (κ2) is 6.06. The van der Waals surface area contributed by atoms with Gasteiger partial charge in [-0.3, -0.25) is 15.7 Å². The normalized spacial score (nSPS) is 17.4. The van der Waals surface area contributed by atoms with Gasteiger partial charge in [-0.1, -0.05) is 55.7 Å². The number of hydrogen-bond acceptors (Lipinski definition) is 2. The van der Waals surface area contributed by atoms with Crippen molar-refractivity contribution in [3.8, 4) is 0 Å². The van der Waals surface area contributed by atoms with E-state index in [2.05, 4.69) is 34.7 Å². The minimum atomic E-state index is 0.338. The predicted molar refractivity (Wildman–Crippen MR) is 82.3 cm³/mol. The van der Waals surface area contributed by atoms with Gasteiger partial charge in [-0.15, -0.1) is 0 Å². The molecular formula is C17H20N2O. The SMILES string of the molecule is ONC(=NC1CCCCC1)c1ccc2ccccc2c1. The molecule has 1 aliphatic carbocycles. The average molecular weight is 268 g/mol. The number of fused-ring (bicyclic) bond motifs is 1. The molecule has 104 valence electrons. The van der Waals surface area contributed by atoms with Crippen LogP contribution in [0.4, 0.5) is 0 Å². The first-order valence-corrected chi connectivity index (χ1v) is 7.34. The van der Waals surface area contributed by atoms with Gasteiger partial charge in [0, 0.05) is 5.56 Å². The van der Waals surface area contributed by atoms with E-state index >= 15 is 0 Å². The lowest BCUT2D eigenvalue weighted by molar-refractivity contribution is 0.233. The zero-order valence-electron chi connectivity index (χ0n) is 11.5. The van der Waals surface area contributed by atoms with Crippen molar-refractivity contribution in [2.24, 2.45) is 4.99 Å². The van der Waals surface area contributed by atoms with Crippen molar-refractivity contribution in [2.45, 2.75) is 38.1 Å². The molecule has 1 saturated carbocycles. The third-order valence-corrected chi connectivity index (χ3v) is 4.02. The molecule has 0 bridgehead atoms. The molecular weight excluding hydrogens is 248 g/mol. The monoisotopic (exact) mass is 268 g/mol. The summed E-state index contributed by atoms with van der Waals surface area (Å²) in [6, 6.07) is 14.7. The third kappa shape index (κ3) is 2.83. The molecule has 0 spiro atoms. The summed E-state index contributed by atoms with van der Waals surface area (Å²) in [4.78, 5) is 4.69. The Morgan fingerprint density at radius 2 is 1.75 bits per heavy atom. The molecule has 0 heterocycles. The first kappa shape index (κ1) is 13.1. The predicted octanol–water partition coefficient (Wildman–Crippen LogP) is 3.90. The number of hydroxylamine groups is 1. The van der Waals surface area contributed by atoms with Crippen LogP contribution in [0, 0.1) is 0 Å². The molecule has 3 heteroatoms. The Kier molecular flexibility index (Phi) is 3.97. The van der Waals surface area contributed by atoms with E-state index in [4.69, 9.17) is 0 Å². The van der Waals surface area contributed by atoms with Crippen molar-refractivity contribution in [3.05, 3.63) is 48.0 Å². The summed E-state index contributed by atoms with van der Waals surface area (Å²) in [5.41, 5.74) is 3.22. The second-order valence-corrected chi connectivity index (χ2v) is 5.44. The molecule has 0 saturated heterocycles. The Labute approximate surface area is 119 Å². The minimum Gasteiger partial charge on any atom is -0.290 e. The fourth-order valence-electron chi connectivity index (χ4n) is 2.90. The van der Waals surface area contributed by atoms with E-state index in [1.54, 1.807) is 0 Å². The van der Waals surface area contributed by atoms with Gasteiger partial charge in [0.15, 0.2) is 5.84 Å². The van der Waals surface area contributed by atoms with Crippen LogP contribution in [0.15, 0.2) is 47.5 Å². The number of aliphatic imine (C=N–C) groups is 1. The first-order chi connectivity index (χ1) is 9.86. The highest BCUT2D eigenvalue weighted by Gasteiger charge is 2.14. The Morgan fingerprint density at radius 1 is 1.00 bits per heavy atom. The smallest absolute Gasteiger partial charge is 0.152 e. The number of hydrogen-bond donors (Lipinski definition) is 2. The van der Waals surface area contributed by atoms with Crippen LogP contribution in [0.5, 0.6) is 0 Å². The summed E-state index contributed by atoms with van der Waals surface area (Å²) in [5.74, 6) is 0.586. The lowest BCUT2D eigenvalue weighted by atomic mass is 9.96. The molecule has 1 aliphatic rings. The quantitative estimate of drug-likeness (QED) is 0.493. The number of amidine groups is 1. The summed E-state index contributed by atoms with van der Waals surface area (Å²) in [6.07, 6.45) is 6.04. The molecule has 2 N–H and O–H groups in total. The second-order valence-electron chi connectivity index (χ2n) is 5.44. The average Bonchev–Trinajstić information content (AvgIpc) is 2.53. The summed E-state index contributed by atoms with van der Waals surface area (Å²) in [5, 5.41) is 11.8. The van der Waals surface area contributed by atoms with Gasteiger partial charge in [0.05, 0.1) is 6.04 Å². The van der Waals surface area contributed by atoms with Gasteiger partial charge in [-0.25, -0.2) is 0 Å². The standard InChI is InChI=1S/C17H20N2O/c20-19-17(18-16-8-2-1-3-9-16)15-11-10-13-6-4-5-7-14(13)12-15/h4-7,10-12,16,20H,1-3,8-9H2,(H,18,19). The van der Waals surface area contributed by atoms with Crippen LogP contribution in [-0.4, -0.2) is 17.1 Å². The molecule has 3 nitrogen and oxygen atoms in total. The van der Waals surface area contributed by atoms with Gasteiger partial charge in [0.1, 0.15) is 0 Å². The van der Waals surface area contributed by atoms with E-state index in [1.165, 1.54) is 24.6 Å². The van der Waals surface area contributed by atoms with Gasteiger partial charge in [0.25, 0.3) is 0 Å². The summed E-state index contributed by atoms with van der Waals surface area (Å²) < 4.78 is 0. The summed E-state index contributed by atoms with van der Waals surface area (Å²) in [6.45, 7) is 0. The number of rotatable bonds is 2. The maximum atomic E-state index is 9.40. The largest absolute Gasteiger partial charge is 0.290 e. The third-order valence-electron chi connectivity index (χ3n) is 4.02. The van der Waals surface area contributed by atoms with E-state index in [0.717, 1.165) is 23.8 Å². The van der Waals surface area contributed by atoms with Crippen LogP contribution in [0.25, 0.3) is 10.8 Å². The Morgan fingerprint density at radius 3 is 2.50 bits per heavy atom. The first-order valence-electron chi connectivity index (χ1n) is 7.34. The fourth-order valence-corrected chi connectivity index (χ4v) is 2.90. The maximum Gasteiger partial charge on any atom is 0.152 e. The van der Waals surface area contributed by atoms with Crippen LogP contribution < -0.4 is 5.48 Å². The van der Waals surface area contributed by atoms with Gasteiger partial charge < -0.3 is 0 Å². The zero-order valence-corrected chi connectivity index (χ0v) is 11.5. The van der Waals surface area contributed by atoms with Crippen molar-refractivity contribution in [1.82, 2.24) is 5.48 Å². The molecule has 20 heavy (non-hydrogen) atoms. The number of nitrogens with one attached hydrogen (secondary N) is 1. The summed E-state index contributed by atoms with van der Waals surface area (Å²) >= 11 is 0. The van der Waals surface area contributed by atoms with E-state index < -0.39 is 0 Å². The Balaban J connectivity index is 1.91. The molecule has 1 fully saturated rings. The highest BCUT2D eigenvalue weighted by atomic mass is 16.5. The molecule has 0 unspecified atom stereocenters. The Hall–Kier alpha value is -1.87. The van der Waals surface area contributed by atoms with Crippen LogP contribution in [0.1, 0.15) is 37.7 Å². The van der Waals surface area contributed by atoms with Gasteiger partial charge >= 0.3 is 0 Å². The van der Waals surface area contributed by atoms with Gasteiger partial charge in [-0.05, 0) is 29.7 Å². The number of benzene rings is 2. The molecule has 0 aromatic heterocycles. The highest BCUT2D eigenvalue weighted by Crippen LogP contribution is 2.21. The van der Waals surface area contributed by atoms with Crippen molar-refractivity contribution in [1.29, 1.82) is 0 Å². The van der Waals surface area contributed by atoms with Crippen LogP contribution in [0.3, 0.4) is 0 Å². The molecule has 3 rings (SSSR count). The Bertz CT molecular complexity index is 615. The molecule has 0 radical (unpaired) electrons. The van der Waals surface area contributed by atoms with Crippen molar-refractivity contribution >= 4 is 16.6 Å². The molecule has 2 aromatic carbocycles. The van der Waals surface area contributed by atoms with Gasteiger partial charge in [0.2, 0.25) is 0 Å². The fraction of sp³-hybridized carbons (Fsp3) is 0.353. The molecule has 0 atom stereocenters. The molecule has 2 aromatic rings. The lowest BCUT2D eigenvalue weighted by Crippen LogP contribution is -2.24. The van der Waals surface area contributed by atoms with Crippen molar-refractivity contribution in [3.63, 3.8) is 0 Å². The summed E-state index contributed by atoms with van der Waals surface area (Å²) in [7, 11) is 0. The van der Waals surface area contributed by atoms with E-state index in [9.17, 15) is 5.21 Å². The van der Waals surface area contributed by atoms with Crippen molar-refractivity contribution < 1.29 is 5.21 Å². The molecule has 0 aliphatic heterocycles. The van der Waals surface area contributed by atoms with Gasteiger partial charge in [-0.2, -0.15) is 0 Å². The van der Waals surface area contributed by atoms with Crippen LogP contribution in [-0.2, 0) is 0 Å². The van der Waals surface area contributed by atoms with E-state index in [-0.39, 0.29) is 0 Å².